The zero-order chi connectivity index (χ0) is 19.8. The first-order valence-electron chi connectivity index (χ1n) is 9.60. The van der Waals surface area contributed by atoms with Crippen LogP contribution in [0.15, 0.2) is 54.6 Å². The fourth-order valence-corrected chi connectivity index (χ4v) is 3.38. The number of hydrogen-bond acceptors (Lipinski definition) is 4. The van der Waals surface area contributed by atoms with Gasteiger partial charge in [-0.3, -0.25) is 9.59 Å². The number of hydrogen-bond donors (Lipinski definition) is 2. The Bertz CT molecular complexity index is 795. The van der Waals surface area contributed by atoms with Gasteiger partial charge in [0.1, 0.15) is 0 Å². The van der Waals surface area contributed by atoms with Gasteiger partial charge in [-0.1, -0.05) is 36.4 Å². The minimum absolute atomic E-state index is 0.0202. The van der Waals surface area contributed by atoms with E-state index in [0.717, 1.165) is 31.6 Å². The minimum Gasteiger partial charge on any atom is -0.383 e. The van der Waals surface area contributed by atoms with Crippen molar-refractivity contribution < 1.29 is 14.3 Å². The van der Waals surface area contributed by atoms with Crippen molar-refractivity contribution in [1.82, 2.24) is 4.90 Å². The van der Waals surface area contributed by atoms with E-state index in [9.17, 15) is 9.59 Å². The molecular formula is C22H27N3O3. The molecule has 0 bridgehead atoms. The molecule has 2 aromatic carbocycles. The minimum atomic E-state index is -0.0840. The first-order valence-corrected chi connectivity index (χ1v) is 9.60. The maximum atomic E-state index is 12.6. The van der Waals surface area contributed by atoms with Crippen molar-refractivity contribution in [2.45, 2.75) is 12.8 Å². The Morgan fingerprint density at radius 1 is 1.07 bits per heavy atom. The number of carbonyl (C=O) groups excluding carboxylic acids is 2. The van der Waals surface area contributed by atoms with Gasteiger partial charge in [0.05, 0.1) is 18.9 Å². The van der Waals surface area contributed by atoms with E-state index in [1.165, 1.54) is 0 Å². The van der Waals surface area contributed by atoms with Crippen molar-refractivity contribution in [3.63, 3.8) is 0 Å². The van der Waals surface area contributed by atoms with Gasteiger partial charge in [-0.15, -0.1) is 0 Å². The summed E-state index contributed by atoms with van der Waals surface area (Å²) in [6.45, 7) is 3.20. The topological polar surface area (TPSA) is 70.7 Å². The number of benzene rings is 2. The molecule has 1 heterocycles. The van der Waals surface area contributed by atoms with Crippen LogP contribution >= 0.6 is 0 Å². The van der Waals surface area contributed by atoms with Gasteiger partial charge < -0.3 is 20.3 Å². The fourth-order valence-electron chi connectivity index (χ4n) is 3.38. The number of likely N-dealkylation sites (tertiary alicyclic amines) is 1. The molecule has 2 N–H and O–H groups in total. The quantitative estimate of drug-likeness (QED) is 0.738. The number of nitrogens with one attached hydrogen (secondary N) is 2. The van der Waals surface area contributed by atoms with E-state index in [4.69, 9.17) is 4.74 Å². The molecule has 3 rings (SSSR count). The van der Waals surface area contributed by atoms with Crippen LogP contribution in [-0.4, -0.2) is 50.1 Å². The van der Waals surface area contributed by atoms with Crippen LogP contribution in [0.25, 0.3) is 0 Å². The predicted octanol–water partition coefficient (Wildman–Crippen LogP) is 2.77. The molecule has 0 aromatic heterocycles. The van der Waals surface area contributed by atoms with Crippen LogP contribution in [-0.2, 0) is 20.7 Å². The third-order valence-corrected chi connectivity index (χ3v) is 4.88. The number of rotatable bonds is 8. The Morgan fingerprint density at radius 3 is 2.57 bits per heavy atom. The SMILES string of the molecule is COCCN1CCC(C(=O)Nc2cccc(NC(=O)Cc3ccccc3)c2)C1. The summed E-state index contributed by atoms with van der Waals surface area (Å²) in [5.74, 6) is -0.0832. The molecular weight excluding hydrogens is 354 g/mol. The van der Waals surface area contributed by atoms with Crippen molar-refractivity contribution in [2.24, 2.45) is 5.92 Å². The van der Waals surface area contributed by atoms with E-state index < -0.39 is 0 Å². The average molecular weight is 381 g/mol. The highest BCUT2D eigenvalue weighted by Crippen LogP contribution is 2.20. The molecule has 6 nitrogen and oxygen atoms in total. The van der Waals surface area contributed by atoms with Crippen LogP contribution in [0.2, 0.25) is 0 Å². The number of methoxy groups -OCH3 is 1. The Balaban J connectivity index is 1.52. The maximum absolute atomic E-state index is 12.6. The molecule has 148 valence electrons. The Hall–Kier alpha value is -2.70. The lowest BCUT2D eigenvalue weighted by Gasteiger charge is -2.15. The number of carbonyl (C=O) groups is 2. The summed E-state index contributed by atoms with van der Waals surface area (Å²) >= 11 is 0. The molecule has 1 aliphatic heterocycles. The summed E-state index contributed by atoms with van der Waals surface area (Å²) in [7, 11) is 1.69. The molecule has 1 unspecified atom stereocenters. The van der Waals surface area contributed by atoms with Gasteiger partial charge in [-0.25, -0.2) is 0 Å². The van der Waals surface area contributed by atoms with Gasteiger partial charge in [0, 0.05) is 31.6 Å². The normalized spacial score (nSPS) is 16.7. The molecule has 0 radical (unpaired) electrons. The van der Waals surface area contributed by atoms with Gasteiger partial charge in [-0.2, -0.15) is 0 Å². The van der Waals surface area contributed by atoms with Crippen molar-refractivity contribution in [3.8, 4) is 0 Å². The zero-order valence-electron chi connectivity index (χ0n) is 16.2. The van der Waals surface area contributed by atoms with Crippen LogP contribution in [0.1, 0.15) is 12.0 Å². The third kappa shape index (κ3) is 5.90. The van der Waals surface area contributed by atoms with E-state index in [0.29, 0.717) is 24.4 Å². The second-order valence-electron chi connectivity index (χ2n) is 7.06. The van der Waals surface area contributed by atoms with Gasteiger partial charge in [0.15, 0.2) is 0 Å². The molecule has 2 amide bonds. The highest BCUT2D eigenvalue weighted by Gasteiger charge is 2.28. The largest absolute Gasteiger partial charge is 0.383 e. The first-order chi connectivity index (χ1) is 13.6. The summed E-state index contributed by atoms with van der Waals surface area (Å²) in [5.41, 5.74) is 2.33. The number of nitrogens with zero attached hydrogens (tertiary/aromatic N) is 1. The molecule has 0 saturated carbocycles. The summed E-state index contributed by atoms with van der Waals surface area (Å²) in [6, 6.07) is 16.9. The number of anilines is 2. The lowest BCUT2D eigenvalue weighted by molar-refractivity contribution is -0.119. The van der Waals surface area contributed by atoms with E-state index in [2.05, 4.69) is 15.5 Å². The summed E-state index contributed by atoms with van der Waals surface area (Å²) in [6.07, 6.45) is 1.17. The van der Waals surface area contributed by atoms with E-state index in [-0.39, 0.29) is 17.7 Å². The van der Waals surface area contributed by atoms with E-state index in [1.807, 2.05) is 48.5 Å². The van der Waals surface area contributed by atoms with Crippen LogP contribution in [0.3, 0.4) is 0 Å². The molecule has 2 aromatic rings. The molecule has 0 spiro atoms. The third-order valence-electron chi connectivity index (χ3n) is 4.88. The predicted molar refractivity (Wildman–Crippen MR) is 110 cm³/mol. The highest BCUT2D eigenvalue weighted by molar-refractivity contribution is 5.95. The van der Waals surface area contributed by atoms with Gasteiger partial charge in [-0.05, 0) is 36.7 Å². The van der Waals surface area contributed by atoms with Crippen molar-refractivity contribution in [2.75, 3.05) is 44.0 Å². The van der Waals surface area contributed by atoms with Crippen LogP contribution in [0.4, 0.5) is 11.4 Å². The number of ether oxygens (including phenoxy) is 1. The number of amides is 2. The van der Waals surface area contributed by atoms with Crippen molar-refractivity contribution in [3.05, 3.63) is 60.2 Å². The van der Waals surface area contributed by atoms with Gasteiger partial charge in [0.2, 0.25) is 11.8 Å². The summed E-state index contributed by atoms with van der Waals surface area (Å²) in [4.78, 5) is 27.0. The Kier molecular flexibility index (Phi) is 7.17. The fraction of sp³-hybridized carbons (Fsp3) is 0.364. The molecule has 1 fully saturated rings. The smallest absolute Gasteiger partial charge is 0.228 e. The van der Waals surface area contributed by atoms with Crippen LogP contribution < -0.4 is 10.6 Å². The molecule has 28 heavy (non-hydrogen) atoms. The van der Waals surface area contributed by atoms with E-state index in [1.54, 1.807) is 13.2 Å². The lowest BCUT2D eigenvalue weighted by atomic mass is 10.1. The molecule has 0 aliphatic carbocycles. The monoisotopic (exact) mass is 381 g/mol. The van der Waals surface area contributed by atoms with Gasteiger partial charge in [0.25, 0.3) is 0 Å². The Labute approximate surface area is 165 Å². The van der Waals surface area contributed by atoms with E-state index >= 15 is 0 Å². The van der Waals surface area contributed by atoms with Crippen LogP contribution in [0.5, 0.6) is 0 Å². The maximum Gasteiger partial charge on any atom is 0.228 e. The summed E-state index contributed by atoms with van der Waals surface area (Å²) in [5, 5.41) is 5.87. The highest BCUT2D eigenvalue weighted by atomic mass is 16.5. The van der Waals surface area contributed by atoms with Gasteiger partial charge >= 0.3 is 0 Å². The summed E-state index contributed by atoms with van der Waals surface area (Å²) < 4.78 is 5.10. The molecule has 1 aliphatic rings. The Morgan fingerprint density at radius 2 is 1.82 bits per heavy atom. The molecule has 1 atom stereocenters. The first kappa shape index (κ1) is 20.0. The zero-order valence-corrected chi connectivity index (χ0v) is 16.2. The lowest BCUT2D eigenvalue weighted by Crippen LogP contribution is -2.29. The molecule has 6 heteroatoms. The molecule has 1 saturated heterocycles. The average Bonchev–Trinajstić information content (AvgIpc) is 3.16. The second kappa shape index (κ2) is 10.0. The van der Waals surface area contributed by atoms with Crippen molar-refractivity contribution >= 4 is 23.2 Å². The van der Waals surface area contributed by atoms with Crippen molar-refractivity contribution in [1.29, 1.82) is 0 Å². The van der Waals surface area contributed by atoms with Crippen LogP contribution in [0, 0.1) is 5.92 Å². The second-order valence-corrected chi connectivity index (χ2v) is 7.06. The standard InChI is InChI=1S/C22H27N3O3/c1-28-13-12-25-11-10-18(16-25)22(27)24-20-9-5-8-19(15-20)23-21(26)14-17-6-3-2-4-7-17/h2-9,15,18H,10-14,16H2,1H3,(H,23,26)(H,24,27).